The second-order valence-corrected chi connectivity index (χ2v) is 3.74. The predicted molar refractivity (Wildman–Crippen MR) is 63.9 cm³/mol. The molecule has 78 valence electrons. The first-order valence-corrected chi connectivity index (χ1v) is 5.18. The van der Waals surface area contributed by atoms with Crippen LogP contribution in [0.5, 0.6) is 0 Å². The smallest absolute Gasteiger partial charge is 0.159 e. The summed E-state index contributed by atoms with van der Waals surface area (Å²) >= 11 is 0. The minimum Gasteiger partial charge on any atom is -0.333 e. The van der Waals surface area contributed by atoms with Gasteiger partial charge in [0, 0.05) is 31.0 Å². The van der Waals surface area contributed by atoms with Crippen LogP contribution in [-0.4, -0.2) is 14.5 Å². The first kappa shape index (κ1) is 9.09. The Hall–Kier alpha value is -2.16. The summed E-state index contributed by atoms with van der Waals surface area (Å²) in [6.07, 6.45) is 5.55. The van der Waals surface area contributed by atoms with E-state index in [1.165, 1.54) is 5.39 Å². The molecule has 0 amide bonds. The van der Waals surface area contributed by atoms with Crippen LogP contribution in [0.2, 0.25) is 0 Å². The quantitative estimate of drug-likeness (QED) is 0.616. The van der Waals surface area contributed by atoms with E-state index < -0.39 is 0 Å². The van der Waals surface area contributed by atoms with E-state index in [2.05, 4.69) is 22.1 Å². The predicted octanol–water partition coefficient (Wildman–Crippen LogP) is 2.64. The summed E-state index contributed by atoms with van der Waals surface area (Å²) in [5.74, 6) is 0.900. The van der Waals surface area contributed by atoms with Crippen LogP contribution in [0.25, 0.3) is 22.3 Å². The zero-order valence-electron chi connectivity index (χ0n) is 8.96. The lowest BCUT2D eigenvalue weighted by atomic mass is 10.1. The highest BCUT2D eigenvalue weighted by Gasteiger charge is 2.08. The normalized spacial score (nSPS) is 10.8. The number of rotatable bonds is 1. The molecule has 0 N–H and O–H groups in total. The minimum atomic E-state index is 0.900. The molecule has 0 fully saturated rings. The summed E-state index contributed by atoms with van der Waals surface area (Å²) in [6.45, 7) is 0. The van der Waals surface area contributed by atoms with Gasteiger partial charge in [-0.15, -0.1) is 0 Å². The van der Waals surface area contributed by atoms with Crippen molar-refractivity contribution in [2.24, 2.45) is 7.05 Å². The van der Waals surface area contributed by atoms with Crippen molar-refractivity contribution in [3.05, 3.63) is 48.9 Å². The van der Waals surface area contributed by atoms with Gasteiger partial charge in [-0.1, -0.05) is 24.3 Å². The van der Waals surface area contributed by atoms with Crippen LogP contribution in [0.15, 0.2) is 48.9 Å². The summed E-state index contributed by atoms with van der Waals surface area (Å²) in [7, 11) is 1.98. The van der Waals surface area contributed by atoms with Gasteiger partial charge in [-0.05, 0) is 11.5 Å². The summed E-state index contributed by atoms with van der Waals surface area (Å²) in [4.78, 5) is 8.76. The molecule has 0 unspecified atom stereocenters. The average Bonchev–Trinajstić information content (AvgIpc) is 2.75. The van der Waals surface area contributed by atoms with E-state index in [4.69, 9.17) is 0 Å². The van der Waals surface area contributed by atoms with Gasteiger partial charge in [-0.25, -0.2) is 4.98 Å². The van der Waals surface area contributed by atoms with Gasteiger partial charge >= 0.3 is 0 Å². The number of aromatic nitrogens is 3. The number of nitrogens with zero attached hydrogens (tertiary/aromatic N) is 3. The standard InChI is InChI=1S/C13H11N3/c1-16-9-8-15-13(16)12-11-5-3-2-4-10(11)6-7-14-12/h2-9H,1H3. The Morgan fingerprint density at radius 1 is 1.00 bits per heavy atom. The molecule has 16 heavy (non-hydrogen) atoms. The van der Waals surface area contributed by atoms with E-state index in [-0.39, 0.29) is 0 Å². The topological polar surface area (TPSA) is 30.7 Å². The molecule has 0 spiro atoms. The van der Waals surface area contributed by atoms with Gasteiger partial charge in [0.25, 0.3) is 0 Å². The van der Waals surface area contributed by atoms with Crippen LogP contribution in [0, 0.1) is 0 Å². The SMILES string of the molecule is Cn1ccnc1-c1nccc2ccccc12. The molecule has 0 aliphatic rings. The maximum Gasteiger partial charge on any atom is 0.159 e. The molecule has 0 bridgehead atoms. The highest BCUT2D eigenvalue weighted by molar-refractivity contribution is 5.92. The molecule has 3 aromatic rings. The fourth-order valence-electron chi connectivity index (χ4n) is 1.89. The first-order chi connectivity index (χ1) is 7.86. The molecule has 2 heterocycles. The molecule has 0 aliphatic heterocycles. The Bertz CT molecular complexity index is 635. The highest BCUT2D eigenvalue weighted by Crippen LogP contribution is 2.24. The zero-order chi connectivity index (χ0) is 11.0. The van der Waals surface area contributed by atoms with E-state index in [0.717, 1.165) is 16.9 Å². The van der Waals surface area contributed by atoms with Crippen LogP contribution in [0.4, 0.5) is 0 Å². The van der Waals surface area contributed by atoms with E-state index in [1.54, 1.807) is 6.20 Å². The Morgan fingerprint density at radius 2 is 1.88 bits per heavy atom. The number of pyridine rings is 1. The van der Waals surface area contributed by atoms with Crippen molar-refractivity contribution in [1.82, 2.24) is 14.5 Å². The Balaban J connectivity index is 2.36. The van der Waals surface area contributed by atoms with E-state index in [1.807, 2.05) is 42.2 Å². The second kappa shape index (κ2) is 3.45. The third-order valence-corrected chi connectivity index (χ3v) is 2.71. The molecule has 3 heteroatoms. The number of hydrogen-bond acceptors (Lipinski definition) is 2. The molecule has 3 rings (SSSR count). The Morgan fingerprint density at radius 3 is 2.69 bits per heavy atom. The minimum absolute atomic E-state index is 0.900. The average molecular weight is 209 g/mol. The molecule has 0 saturated carbocycles. The highest BCUT2D eigenvalue weighted by atomic mass is 15.0. The van der Waals surface area contributed by atoms with Gasteiger partial charge in [-0.3, -0.25) is 4.98 Å². The van der Waals surface area contributed by atoms with Crippen LogP contribution < -0.4 is 0 Å². The largest absolute Gasteiger partial charge is 0.333 e. The molecular formula is C13H11N3. The Labute approximate surface area is 93.4 Å². The third-order valence-electron chi connectivity index (χ3n) is 2.71. The number of aryl methyl sites for hydroxylation is 1. The van der Waals surface area contributed by atoms with E-state index >= 15 is 0 Å². The number of benzene rings is 1. The van der Waals surface area contributed by atoms with Crippen molar-refractivity contribution < 1.29 is 0 Å². The summed E-state index contributed by atoms with van der Waals surface area (Å²) in [5.41, 5.74) is 0.936. The van der Waals surface area contributed by atoms with Crippen molar-refractivity contribution in [3.63, 3.8) is 0 Å². The van der Waals surface area contributed by atoms with Gasteiger partial charge in [0.15, 0.2) is 5.82 Å². The van der Waals surface area contributed by atoms with Crippen molar-refractivity contribution in [3.8, 4) is 11.5 Å². The van der Waals surface area contributed by atoms with Crippen molar-refractivity contribution >= 4 is 10.8 Å². The van der Waals surface area contributed by atoms with Gasteiger partial charge in [0.1, 0.15) is 5.69 Å². The molecule has 1 aromatic carbocycles. The van der Waals surface area contributed by atoms with Gasteiger partial charge in [0.2, 0.25) is 0 Å². The number of imidazole rings is 1. The van der Waals surface area contributed by atoms with Crippen LogP contribution >= 0.6 is 0 Å². The lowest BCUT2D eigenvalue weighted by molar-refractivity contribution is 0.920. The molecular weight excluding hydrogens is 198 g/mol. The summed E-state index contributed by atoms with van der Waals surface area (Å²) in [6, 6.07) is 10.2. The van der Waals surface area contributed by atoms with Gasteiger partial charge in [0.05, 0.1) is 0 Å². The number of fused-ring (bicyclic) bond motifs is 1. The van der Waals surface area contributed by atoms with Gasteiger partial charge < -0.3 is 4.57 Å². The van der Waals surface area contributed by atoms with Crippen LogP contribution in [-0.2, 0) is 7.05 Å². The molecule has 0 saturated heterocycles. The Kier molecular flexibility index (Phi) is 1.96. The van der Waals surface area contributed by atoms with Crippen LogP contribution in [0.1, 0.15) is 0 Å². The molecule has 3 nitrogen and oxygen atoms in total. The first-order valence-electron chi connectivity index (χ1n) is 5.18. The fourth-order valence-corrected chi connectivity index (χ4v) is 1.89. The lowest BCUT2D eigenvalue weighted by Crippen LogP contribution is -1.94. The van der Waals surface area contributed by atoms with Crippen molar-refractivity contribution in [2.75, 3.05) is 0 Å². The lowest BCUT2D eigenvalue weighted by Gasteiger charge is -2.04. The summed E-state index contributed by atoms with van der Waals surface area (Å²) in [5, 5.41) is 2.33. The maximum atomic E-state index is 4.43. The van der Waals surface area contributed by atoms with Gasteiger partial charge in [-0.2, -0.15) is 0 Å². The van der Waals surface area contributed by atoms with Crippen molar-refractivity contribution in [1.29, 1.82) is 0 Å². The zero-order valence-corrected chi connectivity index (χ0v) is 8.96. The molecule has 0 atom stereocenters. The summed E-state index contributed by atoms with van der Waals surface area (Å²) < 4.78 is 1.98. The monoisotopic (exact) mass is 209 g/mol. The van der Waals surface area contributed by atoms with Crippen LogP contribution in [0.3, 0.4) is 0 Å². The van der Waals surface area contributed by atoms with E-state index in [9.17, 15) is 0 Å². The second-order valence-electron chi connectivity index (χ2n) is 3.74. The third kappa shape index (κ3) is 1.29. The van der Waals surface area contributed by atoms with Crippen molar-refractivity contribution in [2.45, 2.75) is 0 Å². The molecule has 0 radical (unpaired) electrons. The van der Waals surface area contributed by atoms with E-state index in [0.29, 0.717) is 0 Å². The molecule has 2 aromatic heterocycles. The number of hydrogen-bond donors (Lipinski definition) is 0. The fraction of sp³-hybridized carbons (Fsp3) is 0.0769. The maximum absolute atomic E-state index is 4.43. The molecule has 0 aliphatic carbocycles.